The van der Waals surface area contributed by atoms with Crippen LogP contribution in [0.15, 0.2) is 36.8 Å². The van der Waals surface area contributed by atoms with Gasteiger partial charge in [0.2, 0.25) is 5.95 Å². The van der Waals surface area contributed by atoms with Gasteiger partial charge in [-0.2, -0.15) is 0 Å². The molecule has 1 aliphatic carbocycles. The number of nitrogens with zero attached hydrogens (tertiary/aromatic N) is 3. The van der Waals surface area contributed by atoms with Crippen molar-refractivity contribution in [3.63, 3.8) is 0 Å². The van der Waals surface area contributed by atoms with Gasteiger partial charge < -0.3 is 10.4 Å². The topological polar surface area (TPSA) is 88.0 Å². The van der Waals surface area contributed by atoms with Crippen LogP contribution in [0.3, 0.4) is 0 Å². The molecule has 1 fully saturated rings. The molecule has 0 aliphatic heterocycles. The smallest absolute Gasteiger partial charge is 0.308 e. The van der Waals surface area contributed by atoms with Crippen LogP contribution in [-0.4, -0.2) is 32.1 Å². The number of carbonyl (C=O) groups is 1. The van der Waals surface area contributed by atoms with Crippen LogP contribution in [0.4, 0.5) is 5.95 Å². The molecule has 96 valence electrons. The standard InChI is InChI=1S/C13H12N4O2/c18-12(19)9-5-11(9)17-13-15-6-8(7-16-13)10-3-1-2-4-14-10/h1-4,6-7,9,11H,5H2,(H,18,19)(H,15,16,17). The van der Waals surface area contributed by atoms with E-state index in [1.807, 2.05) is 18.2 Å². The highest BCUT2D eigenvalue weighted by Gasteiger charge is 2.43. The predicted molar refractivity (Wildman–Crippen MR) is 68.4 cm³/mol. The number of nitrogens with one attached hydrogen (secondary N) is 1. The molecule has 1 saturated carbocycles. The first-order valence-corrected chi connectivity index (χ1v) is 5.97. The molecule has 2 atom stereocenters. The zero-order chi connectivity index (χ0) is 13.2. The molecule has 6 heteroatoms. The summed E-state index contributed by atoms with van der Waals surface area (Å²) in [5.41, 5.74) is 1.64. The molecule has 0 bridgehead atoms. The van der Waals surface area contributed by atoms with E-state index in [4.69, 9.17) is 5.11 Å². The number of hydrogen-bond acceptors (Lipinski definition) is 5. The first-order chi connectivity index (χ1) is 9.24. The summed E-state index contributed by atoms with van der Waals surface area (Å²) in [6, 6.07) is 5.57. The molecule has 6 nitrogen and oxygen atoms in total. The summed E-state index contributed by atoms with van der Waals surface area (Å²) >= 11 is 0. The molecule has 3 rings (SSSR count). The molecule has 1 aliphatic rings. The van der Waals surface area contributed by atoms with Crippen LogP contribution < -0.4 is 5.32 Å². The van der Waals surface area contributed by atoms with E-state index in [1.165, 1.54) is 0 Å². The molecule has 2 aromatic heterocycles. The fourth-order valence-corrected chi connectivity index (χ4v) is 1.86. The Labute approximate surface area is 109 Å². The maximum Gasteiger partial charge on any atom is 0.308 e. The average molecular weight is 256 g/mol. The van der Waals surface area contributed by atoms with Crippen molar-refractivity contribution in [2.24, 2.45) is 5.92 Å². The fraction of sp³-hybridized carbons (Fsp3) is 0.231. The molecule has 2 unspecified atom stereocenters. The van der Waals surface area contributed by atoms with Gasteiger partial charge in [-0.05, 0) is 18.6 Å². The van der Waals surface area contributed by atoms with Gasteiger partial charge in [0.1, 0.15) is 0 Å². The lowest BCUT2D eigenvalue weighted by molar-refractivity contribution is -0.138. The molecule has 0 spiro atoms. The first kappa shape index (κ1) is 11.6. The summed E-state index contributed by atoms with van der Waals surface area (Å²) in [4.78, 5) is 23.3. The summed E-state index contributed by atoms with van der Waals surface area (Å²) in [6.45, 7) is 0. The number of pyridine rings is 1. The highest BCUT2D eigenvalue weighted by atomic mass is 16.4. The zero-order valence-corrected chi connectivity index (χ0v) is 10.0. The van der Waals surface area contributed by atoms with E-state index in [0.717, 1.165) is 11.3 Å². The van der Waals surface area contributed by atoms with Crippen LogP contribution in [-0.2, 0) is 4.79 Å². The Morgan fingerprint density at radius 1 is 1.26 bits per heavy atom. The van der Waals surface area contributed by atoms with Gasteiger partial charge in [-0.25, -0.2) is 9.97 Å². The Morgan fingerprint density at radius 3 is 2.63 bits per heavy atom. The van der Waals surface area contributed by atoms with Crippen LogP contribution in [0.2, 0.25) is 0 Å². The number of rotatable bonds is 4. The minimum absolute atomic E-state index is 0.0572. The van der Waals surface area contributed by atoms with Gasteiger partial charge in [-0.15, -0.1) is 0 Å². The van der Waals surface area contributed by atoms with E-state index in [1.54, 1.807) is 18.6 Å². The van der Waals surface area contributed by atoms with Crippen molar-refractivity contribution in [1.29, 1.82) is 0 Å². The maximum absolute atomic E-state index is 10.7. The van der Waals surface area contributed by atoms with E-state index in [9.17, 15) is 4.79 Å². The molecule has 0 radical (unpaired) electrons. The van der Waals surface area contributed by atoms with Crippen molar-refractivity contribution in [2.75, 3.05) is 5.32 Å². The summed E-state index contributed by atoms with van der Waals surface area (Å²) < 4.78 is 0. The van der Waals surface area contributed by atoms with Gasteiger partial charge in [0.15, 0.2) is 0 Å². The zero-order valence-electron chi connectivity index (χ0n) is 10.0. The number of carboxylic acid groups (broad SMARTS) is 1. The second-order valence-electron chi connectivity index (χ2n) is 4.44. The molecular formula is C13H12N4O2. The van der Waals surface area contributed by atoms with Gasteiger partial charge in [0.05, 0.1) is 11.6 Å². The summed E-state index contributed by atoms with van der Waals surface area (Å²) in [5.74, 6) is -0.643. The Hall–Kier alpha value is -2.50. The quantitative estimate of drug-likeness (QED) is 0.860. The largest absolute Gasteiger partial charge is 0.481 e. The van der Waals surface area contributed by atoms with Crippen molar-refractivity contribution in [2.45, 2.75) is 12.5 Å². The Kier molecular flexibility index (Phi) is 2.83. The van der Waals surface area contributed by atoms with Crippen molar-refractivity contribution in [1.82, 2.24) is 15.0 Å². The molecule has 0 amide bonds. The third-order valence-corrected chi connectivity index (χ3v) is 3.03. The monoisotopic (exact) mass is 256 g/mol. The van der Waals surface area contributed by atoms with Gasteiger partial charge in [0.25, 0.3) is 0 Å². The van der Waals surface area contributed by atoms with Crippen LogP contribution in [0.25, 0.3) is 11.3 Å². The first-order valence-electron chi connectivity index (χ1n) is 5.97. The van der Waals surface area contributed by atoms with Crippen LogP contribution in [0.1, 0.15) is 6.42 Å². The normalized spacial score (nSPS) is 20.8. The molecule has 2 aromatic rings. The predicted octanol–water partition coefficient (Wildman–Crippen LogP) is 1.42. The molecule has 19 heavy (non-hydrogen) atoms. The Morgan fingerprint density at radius 2 is 2.05 bits per heavy atom. The van der Waals surface area contributed by atoms with Gasteiger partial charge >= 0.3 is 5.97 Å². The van der Waals surface area contributed by atoms with Gasteiger partial charge in [-0.1, -0.05) is 6.07 Å². The summed E-state index contributed by atoms with van der Waals surface area (Å²) in [7, 11) is 0. The number of aromatic nitrogens is 3. The lowest BCUT2D eigenvalue weighted by Crippen LogP contribution is -2.12. The number of carboxylic acids is 1. The number of aliphatic carboxylic acids is 1. The van der Waals surface area contributed by atoms with Crippen molar-refractivity contribution < 1.29 is 9.90 Å². The van der Waals surface area contributed by atoms with Gasteiger partial charge in [0, 0.05) is 30.2 Å². The lowest BCUT2D eigenvalue weighted by Gasteiger charge is -2.04. The summed E-state index contributed by atoms with van der Waals surface area (Å²) in [6.07, 6.45) is 5.69. The SMILES string of the molecule is O=C(O)C1CC1Nc1ncc(-c2ccccn2)cn1. The van der Waals surface area contributed by atoms with Crippen LogP contribution >= 0.6 is 0 Å². The number of hydrogen-bond donors (Lipinski definition) is 2. The second kappa shape index (κ2) is 4.64. The lowest BCUT2D eigenvalue weighted by atomic mass is 10.2. The van der Waals surface area contributed by atoms with Crippen molar-refractivity contribution >= 4 is 11.9 Å². The van der Waals surface area contributed by atoms with Crippen molar-refractivity contribution in [3.05, 3.63) is 36.8 Å². The Bertz CT molecular complexity index is 585. The highest BCUT2D eigenvalue weighted by Crippen LogP contribution is 2.32. The molecule has 2 N–H and O–H groups in total. The molecule has 0 aromatic carbocycles. The third kappa shape index (κ3) is 2.52. The fourth-order valence-electron chi connectivity index (χ4n) is 1.86. The highest BCUT2D eigenvalue weighted by molar-refractivity contribution is 5.75. The maximum atomic E-state index is 10.7. The Balaban J connectivity index is 1.69. The van der Waals surface area contributed by atoms with E-state index >= 15 is 0 Å². The second-order valence-corrected chi connectivity index (χ2v) is 4.44. The van der Waals surface area contributed by atoms with Crippen LogP contribution in [0.5, 0.6) is 0 Å². The van der Waals surface area contributed by atoms with E-state index < -0.39 is 5.97 Å². The van der Waals surface area contributed by atoms with E-state index in [2.05, 4.69) is 20.3 Å². The minimum atomic E-state index is -0.775. The van der Waals surface area contributed by atoms with Crippen molar-refractivity contribution in [3.8, 4) is 11.3 Å². The number of anilines is 1. The average Bonchev–Trinajstić information content (AvgIpc) is 3.20. The van der Waals surface area contributed by atoms with Gasteiger partial charge in [-0.3, -0.25) is 9.78 Å². The molecule has 0 saturated heterocycles. The third-order valence-electron chi connectivity index (χ3n) is 3.03. The van der Waals surface area contributed by atoms with E-state index in [0.29, 0.717) is 12.4 Å². The molecular weight excluding hydrogens is 244 g/mol. The summed E-state index contributed by atoms with van der Waals surface area (Å²) in [5, 5.41) is 11.8. The van der Waals surface area contributed by atoms with E-state index in [-0.39, 0.29) is 12.0 Å². The van der Waals surface area contributed by atoms with Crippen LogP contribution in [0, 0.1) is 5.92 Å². The molecule has 2 heterocycles. The minimum Gasteiger partial charge on any atom is -0.481 e.